The molecule has 0 saturated heterocycles. The van der Waals surface area contributed by atoms with Crippen LogP contribution in [0, 0.1) is 0 Å². The number of nitrogens with one attached hydrogen (secondary N) is 1. The molecule has 1 aromatic carbocycles. The number of nitrogens with zero attached hydrogens (tertiary/aromatic N) is 3. The molecule has 1 unspecified atom stereocenters. The highest BCUT2D eigenvalue weighted by atomic mass is 35.5. The summed E-state index contributed by atoms with van der Waals surface area (Å²) in [6, 6.07) is 5.62. The van der Waals surface area contributed by atoms with Crippen molar-refractivity contribution in [2.45, 2.75) is 46.2 Å². The maximum atomic E-state index is 12.8. The molecule has 2 aromatic rings. The fourth-order valence-electron chi connectivity index (χ4n) is 3.29. The first-order chi connectivity index (χ1) is 13.1. The average molecular weight is 401 g/mol. The topological polar surface area (TPSA) is 67.4 Å². The number of halogens is 1. The Morgan fingerprint density at radius 2 is 2.07 bits per heavy atom. The van der Waals surface area contributed by atoms with E-state index in [1.54, 1.807) is 18.0 Å². The van der Waals surface area contributed by atoms with E-state index in [1.165, 1.54) is 11.8 Å². The molecule has 0 radical (unpaired) electrons. The van der Waals surface area contributed by atoms with E-state index in [2.05, 4.69) is 21.4 Å². The van der Waals surface area contributed by atoms with E-state index in [4.69, 9.17) is 16.3 Å². The molecule has 6 nitrogen and oxygen atoms in total. The zero-order valence-electron chi connectivity index (χ0n) is 17.0. The summed E-state index contributed by atoms with van der Waals surface area (Å²) in [6.45, 7) is 10.1. The van der Waals surface area contributed by atoms with Crippen molar-refractivity contribution in [3.05, 3.63) is 52.2 Å². The van der Waals surface area contributed by atoms with Crippen LogP contribution in [0.2, 0.25) is 5.02 Å². The molecular weight excluding hydrogens is 376 g/mol. The molecule has 2 heterocycles. The number of anilines is 1. The van der Waals surface area contributed by atoms with Gasteiger partial charge in [-0.2, -0.15) is 4.98 Å². The molecule has 148 valence electrons. The Morgan fingerprint density at radius 3 is 2.75 bits per heavy atom. The number of benzene rings is 1. The van der Waals surface area contributed by atoms with Crippen molar-refractivity contribution < 1.29 is 9.53 Å². The van der Waals surface area contributed by atoms with Gasteiger partial charge in [0.15, 0.2) is 0 Å². The lowest BCUT2D eigenvalue weighted by atomic mass is 9.94. The van der Waals surface area contributed by atoms with Crippen LogP contribution in [-0.2, 0) is 5.54 Å². The summed E-state index contributed by atoms with van der Waals surface area (Å²) in [4.78, 5) is 23.1. The maximum absolute atomic E-state index is 12.8. The monoisotopic (exact) mass is 400 g/mol. The highest BCUT2D eigenvalue weighted by Crippen LogP contribution is 2.43. The summed E-state index contributed by atoms with van der Waals surface area (Å²) in [5, 5.41) is 3.47. The average Bonchev–Trinajstić information content (AvgIpc) is 2.79. The van der Waals surface area contributed by atoms with Crippen molar-refractivity contribution in [2.24, 2.45) is 0 Å². The van der Waals surface area contributed by atoms with Crippen molar-refractivity contribution in [3.63, 3.8) is 0 Å². The number of fused-ring (bicyclic) bond motifs is 1. The van der Waals surface area contributed by atoms with Gasteiger partial charge in [0.05, 0.1) is 17.3 Å². The molecule has 1 atom stereocenters. The number of amides is 1. The first-order valence-corrected chi connectivity index (χ1v) is 9.52. The van der Waals surface area contributed by atoms with Gasteiger partial charge in [-0.15, -0.1) is 0 Å². The Hall–Kier alpha value is -2.60. The van der Waals surface area contributed by atoms with E-state index in [0.717, 1.165) is 5.56 Å². The summed E-state index contributed by atoms with van der Waals surface area (Å²) in [6.07, 6.45) is 3.56. The highest BCUT2D eigenvalue weighted by molar-refractivity contribution is 6.31. The smallest absolute Gasteiger partial charge is 0.258 e. The molecule has 7 heteroatoms. The third kappa shape index (κ3) is 3.69. The van der Waals surface area contributed by atoms with Crippen molar-refractivity contribution in [2.75, 3.05) is 12.4 Å². The second-order valence-electron chi connectivity index (χ2n) is 7.73. The van der Waals surface area contributed by atoms with E-state index >= 15 is 0 Å². The lowest BCUT2D eigenvalue weighted by molar-refractivity contribution is 0.0690. The van der Waals surface area contributed by atoms with Crippen LogP contribution in [0.15, 0.2) is 36.0 Å². The molecule has 1 aliphatic heterocycles. The Balaban J connectivity index is 1.94. The minimum atomic E-state index is -0.409. The number of carbonyl (C=O) groups is 1. The first kappa shape index (κ1) is 20.1. The summed E-state index contributed by atoms with van der Waals surface area (Å²) in [5.41, 5.74) is 2.24. The van der Waals surface area contributed by atoms with Crippen LogP contribution < -0.4 is 10.1 Å². The molecule has 0 aliphatic carbocycles. The molecule has 0 saturated carbocycles. The standard InChI is InChI=1S/C21H25ClN4O2/c1-12(2)10-13(3)24-20-23-11-15(22)18(25-20)28-16-9-7-8-14-17(16)19(27)26(6)21(14,4)5/h7-11,13H,1-6H3,(H,23,24,25). The molecule has 0 spiro atoms. The zero-order chi connectivity index (χ0) is 20.6. The number of ether oxygens (including phenoxy) is 1. The molecule has 0 fully saturated rings. The fraction of sp³-hybridized carbons (Fsp3) is 0.381. The molecule has 1 aliphatic rings. The van der Waals surface area contributed by atoms with Crippen LogP contribution in [0.4, 0.5) is 5.95 Å². The van der Waals surface area contributed by atoms with Gasteiger partial charge in [-0.05, 0) is 46.2 Å². The maximum Gasteiger partial charge on any atom is 0.258 e. The van der Waals surface area contributed by atoms with Crippen LogP contribution in [0.1, 0.15) is 50.5 Å². The molecular formula is C21H25ClN4O2. The van der Waals surface area contributed by atoms with Gasteiger partial charge in [-0.3, -0.25) is 4.79 Å². The largest absolute Gasteiger partial charge is 0.437 e. The molecule has 0 bridgehead atoms. The highest BCUT2D eigenvalue weighted by Gasteiger charge is 2.42. The van der Waals surface area contributed by atoms with E-state index in [-0.39, 0.29) is 22.9 Å². The molecule has 3 rings (SSSR count). The van der Waals surface area contributed by atoms with Crippen LogP contribution in [0.5, 0.6) is 11.6 Å². The zero-order valence-corrected chi connectivity index (χ0v) is 17.8. The van der Waals surface area contributed by atoms with Gasteiger partial charge in [0.2, 0.25) is 11.8 Å². The summed E-state index contributed by atoms with van der Waals surface area (Å²) in [5.74, 6) is 0.956. The number of hydrogen-bond acceptors (Lipinski definition) is 5. The summed E-state index contributed by atoms with van der Waals surface area (Å²) < 4.78 is 5.98. The molecule has 28 heavy (non-hydrogen) atoms. The minimum absolute atomic E-state index is 0.0519. The van der Waals surface area contributed by atoms with Crippen molar-refractivity contribution in [1.29, 1.82) is 0 Å². The quantitative estimate of drug-likeness (QED) is 0.714. The predicted octanol–water partition coefficient (Wildman–Crippen LogP) is 5.01. The van der Waals surface area contributed by atoms with Gasteiger partial charge in [0, 0.05) is 13.1 Å². The lowest BCUT2D eigenvalue weighted by Gasteiger charge is -2.28. The second-order valence-corrected chi connectivity index (χ2v) is 8.13. The Kier molecular flexibility index (Phi) is 5.35. The molecule has 1 N–H and O–H groups in total. The number of aromatic nitrogens is 2. The summed E-state index contributed by atoms with van der Waals surface area (Å²) >= 11 is 6.25. The van der Waals surface area contributed by atoms with Crippen LogP contribution in [-0.4, -0.2) is 33.9 Å². The van der Waals surface area contributed by atoms with E-state index in [1.807, 2.05) is 46.8 Å². The van der Waals surface area contributed by atoms with Gasteiger partial charge in [-0.1, -0.05) is 35.4 Å². The van der Waals surface area contributed by atoms with Gasteiger partial charge in [0.1, 0.15) is 10.8 Å². The third-order valence-electron chi connectivity index (χ3n) is 4.90. The van der Waals surface area contributed by atoms with Gasteiger partial charge in [0.25, 0.3) is 5.91 Å². The minimum Gasteiger partial charge on any atom is -0.437 e. The summed E-state index contributed by atoms with van der Waals surface area (Å²) in [7, 11) is 1.79. The Labute approximate surface area is 170 Å². The van der Waals surface area contributed by atoms with E-state index < -0.39 is 5.54 Å². The predicted molar refractivity (Wildman–Crippen MR) is 111 cm³/mol. The molecule has 1 amide bonds. The van der Waals surface area contributed by atoms with Gasteiger partial charge in [-0.25, -0.2) is 4.98 Å². The number of carbonyl (C=O) groups excluding carboxylic acids is 1. The Bertz CT molecular complexity index is 951. The lowest BCUT2D eigenvalue weighted by Crippen LogP contribution is -2.35. The Morgan fingerprint density at radius 1 is 1.36 bits per heavy atom. The van der Waals surface area contributed by atoms with Crippen LogP contribution in [0.25, 0.3) is 0 Å². The first-order valence-electron chi connectivity index (χ1n) is 9.15. The van der Waals surface area contributed by atoms with Gasteiger partial charge >= 0.3 is 0 Å². The van der Waals surface area contributed by atoms with Crippen LogP contribution >= 0.6 is 11.6 Å². The SMILES string of the molecule is CC(C)=CC(C)Nc1ncc(Cl)c(Oc2cccc3c2C(=O)N(C)C3(C)C)n1. The number of hydrogen-bond donors (Lipinski definition) is 1. The normalized spacial score (nSPS) is 15.8. The fourth-order valence-corrected chi connectivity index (χ4v) is 3.42. The second kappa shape index (κ2) is 7.43. The van der Waals surface area contributed by atoms with Crippen molar-refractivity contribution in [3.8, 4) is 11.6 Å². The molecule has 1 aromatic heterocycles. The third-order valence-corrected chi connectivity index (χ3v) is 5.16. The number of allylic oxidation sites excluding steroid dienone is 1. The van der Waals surface area contributed by atoms with Gasteiger partial charge < -0.3 is 15.0 Å². The van der Waals surface area contributed by atoms with Crippen molar-refractivity contribution >= 4 is 23.5 Å². The number of rotatable bonds is 5. The van der Waals surface area contributed by atoms with E-state index in [0.29, 0.717) is 17.3 Å². The van der Waals surface area contributed by atoms with Crippen LogP contribution in [0.3, 0.4) is 0 Å². The van der Waals surface area contributed by atoms with Crippen molar-refractivity contribution in [1.82, 2.24) is 14.9 Å². The van der Waals surface area contributed by atoms with E-state index in [9.17, 15) is 4.79 Å².